The lowest BCUT2D eigenvalue weighted by molar-refractivity contribution is 0.785. The van der Waals surface area contributed by atoms with Gasteiger partial charge in [-0.3, -0.25) is 0 Å². The molecule has 3 aliphatic rings. The van der Waals surface area contributed by atoms with Crippen molar-refractivity contribution in [2.45, 2.75) is 17.8 Å². The van der Waals surface area contributed by atoms with Crippen LogP contribution in [0.2, 0.25) is 0 Å². The van der Waals surface area contributed by atoms with Crippen molar-refractivity contribution in [1.29, 1.82) is 0 Å². The fourth-order valence-corrected chi connectivity index (χ4v) is 8.22. The van der Waals surface area contributed by atoms with Crippen LogP contribution in [0.5, 0.6) is 0 Å². The molecule has 0 radical (unpaired) electrons. The lowest BCUT2D eigenvalue weighted by Crippen LogP contribution is -2.26. The van der Waals surface area contributed by atoms with Gasteiger partial charge in [0.1, 0.15) is 10.0 Å². The van der Waals surface area contributed by atoms with Gasteiger partial charge in [0.15, 0.2) is 0 Å². The lowest BCUT2D eigenvalue weighted by Gasteiger charge is -2.31. The second-order valence-corrected chi connectivity index (χ2v) is 12.0. The third-order valence-corrected chi connectivity index (χ3v) is 10.1. The molecule has 41 heavy (non-hydrogen) atoms. The quantitative estimate of drug-likeness (QED) is 0.223. The Morgan fingerprint density at radius 1 is 0.732 bits per heavy atom. The van der Waals surface area contributed by atoms with Gasteiger partial charge in [0.25, 0.3) is 0 Å². The molecule has 0 aliphatic heterocycles. The van der Waals surface area contributed by atoms with Gasteiger partial charge in [-0.1, -0.05) is 121 Å². The van der Waals surface area contributed by atoms with Crippen molar-refractivity contribution in [2.24, 2.45) is 0 Å². The summed E-state index contributed by atoms with van der Waals surface area (Å²) in [5.41, 5.74) is 13.2. The zero-order chi connectivity index (χ0) is 27.0. The van der Waals surface area contributed by atoms with Crippen LogP contribution in [0.4, 0.5) is 0 Å². The van der Waals surface area contributed by atoms with E-state index in [-0.39, 0.29) is 11.3 Å². The number of fused-ring (bicyclic) bond motifs is 10. The number of allylic oxidation sites excluding steroid dienone is 4. The minimum atomic E-state index is -0.305. The zero-order valence-corrected chi connectivity index (χ0v) is 23.1. The van der Waals surface area contributed by atoms with E-state index in [0.29, 0.717) is 0 Å². The molecule has 1 spiro atoms. The van der Waals surface area contributed by atoms with E-state index in [1.54, 1.807) is 17.5 Å². The van der Waals surface area contributed by atoms with Gasteiger partial charge in [0, 0.05) is 18.3 Å². The molecular formula is C37H25N3S. The molecule has 3 aliphatic carbocycles. The number of aromatic nitrogens is 3. The fraction of sp³-hybridized carbons (Fsp3) is 0.0811. The highest BCUT2D eigenvalue weighted by Gasteiger charge is 2.51. The summed E-state index contributed by atoms with van der Waals surface area (Å²) in [7, 11) is 0. The van der Waals surface area contributed by atoms with E-state index in [2.05, 4.69) is 114 Å². The predicted molar refractivity (Wildman–Crippen MR) is 166 cm³/mol. The molecule has 0 N–H and O–H groups in total. The van der Waals surface area contributed by atoms with E-state index in [4.69, 9.17) is 4.98 Å². The molecule has 0 saturated carbocycles. The highest BCUT2D eigenvalue weighted by atomic mass is 32.1. The first-order valence-corrected chi connectivity index (χ1v) is 14.9. The Bertz CT molecular complexity index is 1980. The molecule has 194 valence electrons. The molecule has 0 fully saturated rings. The Kier molecular flexibility index (Phi) is 4.81. The molecule has 2 heterocycles. The summed E-state index contributed by atoms with van der Waals surface area (Å²) >= 11 is 1.69. The number of benzene rings is 4. The van der Waals surface area contributed by atoms with Crippen LogP contribution in [0.25, 0.3) is 32.8 Å². The van der Waals surface area contributed by atoms with Gasteiger partial charge in [0.2, 0.25) is 0 Å². The topological polar surface area (TPSA) is 30.7 Å². The number of hydrogen-bond acceptors (Lipinski definition) is 3. The number of hydrogen-bond donors (Lipinski definition) is 0. The van der Waals surface area contributed by atoms with Crippen molar-refractivity contribution in [3.05, 3.63) is 167 Å². The highest BCUT2D eigenvalue weighted by Crippen LogP contribution is 2.63. The van der Waals surface area contributed by atoms with Crippen LogP contribution in [0, 0.1) is 0 Å². The average molecular weight is 544 g/mol. The van der Waals surface area contributed by atoms with E-state index < -0.39 is 0 Å². The van der Waals surface area contributed by atoms with E-state index >= 15 is 0 Å². The van der Waals surface area contributed by atoms with Crippen molar-refractivity contribution in [3.63, 3.8) is 0 Å². The number of thiazole rings is 1. The first-order valence-electron chi connectivity index (χ1n) is 14.1. The average Bonchev–Trinajstić information content (AvgIpc) is 3.83. The molecule has 4 heteroatoms. The molecular weight excluding hydrogens is 518 g/mol. The standard InChI is InChI=1S/C37H25N3S/c1-4-14-31-27(11-1)28-12-2-5-15-32(28)37(31)33-16-6-3-13-29(33)30-18-17-25(22-34(30)37)24-9-7-10-26(21-24)36-38-23-35(41-36)40-20-8-19-39-40/h1-20,22-24H,21H2. The highest BCUT2D eigenvalue weighted by molar-refractivity contribution is 7.15. The van der Waals surface area contributed by atoms with Crippen LogP contribution < -0.4 is 0 Å². The van der Waals surface area contributed by atoms with Crippen LogP contribution in [0.1, 0.15) is 45.2 Å². The zero-order valence-electron chi connectivity index (χ0n) is 22.2. The summed E-state index contributed by atoms with van der Waals surface area (Å²) in [5, 5.41) is 6.48. The van der Waals surface area contributed by atoms with Crippen LogP contribution in [-0.2, 0) is 5.41 Å². The number of nitrogens with zero attached hydrogens (tertiary/aromatic N) is 3. The van der Waals surface area contributed by atoms with Crippen LogP contribution >= 0.6 is 11.3 Å². The molecule has 1 unspecified atom stereocenters. The van der Waals surface area contributed by atoms with Gasteiger partial charge in [-0.15, -0.1) is 0 Å². The molecule has 0 amide bonds. The predicted octanol–water partition coefficient (Wildman–Crippen LogP) is 8.80. The van der Waals surface area contributed by atoms with Crippen LogP contribution in [0.3, 0.4) is 0 Å². The van der Waals surface area contributed by atoms with Gasteiger partial charge in [-0.05, 0) is 68.1 Å². The molecule has 1 atom stereocenters. The van der Waals surface area contributed by atoms with Crippen molar-refractivity contribution < 1.29 is 0 Å². The Hall–Kier alpha value is -4.80. The Morgan fingerprint density at radius 3 is 2.05 bits per heavy atom. The summed E-state index contributed by atoms with van der Waals surface area (Å²) in [6.07, 6.45) is 13.4. The largest absolute Gasteiger partial charge is 0.243 e. The first-order chi connectivity index (χ1) is 20.3. The molecule has 0 bridgehead atoms. The maximum absolute atomic E-state index is 4.77. The summed E-state index contributed by atoms with van der Waals surface area (Å²) in [4.78, 5) is 4.77. The van der Waals surface area contributed by atoms with Crippen LogP contribution in [-0.4, -0.2) is 14.8 Å². The summed E-state index contributed by atoms with van der Waals surface area (Å²) in [6, 6.07) is 36.2. The van der Waals surface area contributed by atoms with E-state index in [9.17, 15) is 0 Å². The fourth-order valence-electron chi connectivity index (χ4n) is 7.33. The van der Waals surface area contributed by atoms with Crippen LogP contribution in [0.15, 0.2) is 134 Å². The van der Waals surface area contributed by atoms with E-state index in [1.165, 1.54) is 55.6 Å². The summed E-state index contributed by atoms with van der Waals surface area (Å²) in [5.74, 6) is 0.282. The van der Waals surface area contributed by atoms with Crippen molar-refractivity contribution >= 4 is 16.9 Å². The van der Waals surface area contributed by atoms with Gasteiger partial charge in [-0.2, -0.15) is 5.10 Å². The number of rotatable bonds is 3. The Labute approximate surface area is 242 Å². The summed E-state index contributed by atoms with van der Waals surface area (Å²) in [6.45, 7) is 0. The third-order valence-electron chi connectivity index (χ3n) is 9.03. The summed E-state index contributed by atoms with van der Waals surface area (Å²) < 4.78 is 1.88. The SMILES string of the molecule is C1=CC(c2ccc3c(c2)C2(c4ccccc4-c4ccccc42)c2ccccc2-3)CC(c2ncc(-n3cccn3)s2)=C1. The molecule has 6 aromatic rings. The molecule has 3 nitrogen and oxygen atoms in total. The van der Waals surface area contributed by atoms with Crippen molar-refractivity contribution in [3.8, 4) is 27.3 Å². The van der Waals surface area contributed by atoms with Crippen molar-refractivity contribution in [2.75, 3.05) is 0 Å². The molecule has 2 aromatic heterocycles. The van der Waals surface area contributed by atoms with Gasteiger partial charge in [-0.25, -0.2) is 9.67 Å². The van der Waals surface area contributed by atoms with E-state index in [1.807, 2.05) is 23.1 Å². The van der Waals surface area contributed by atoms with Gasteiger partial charge < -0.3 is 0 Å². The minimum absolute atomic E-state index is 0.282. The van der Waals surface area contributed by atoms with Crippen molar-refractivity contribution in [1.82, 2.24) is 14.8 Å². The first kappa shape index (κ1) is 23.0. The second kappa shape index (κ2) is 8.60. The van der Waals surface area contributed by atoms with Gasteiger partial charge in [0.05, 0.1) is 11.6 Å². The molecule has 4 aromatic carbocycles. The minimum Gasteiger partial charge on any atom is -0.243 e. The Morgan fingerprint density at radius 2 is 1.39 bits per heavy atom. The lowest BCUT2D eigenvalue weighted by atomic mass is 9.70. The monoisotopic (exact) mass is 543 g/mol. The normalized spacial score (nSPS) is 17.2. The Balaban J connectivity index is 1.18. The molecule has 0 saturated heterocycles. The molecule has 9 rings (SSSR count). The maximum atomic E-state index is 4.77. The van der Waals surface area contributed by atoms with Gasteiger partial charge >= 0.3 is 0 Å². The second-order valence-electron chi connectivity index (χ2n) is 11.0. The third kappa shape index (κ3) is 3.14. The maximum Gasteiger partial charge on any atom is 0.137 e. The van der Waals surface area contributed by atoms with E-state index in [0.717, 1.165) is 16.4 Å². The smallest absolute Gasteiger partial charge is 0.137 e.